The number of nitrogens with one attached hydrogen (secondary N) is 2. The van der Waals surface area contributed by atoms with Crippen LogP contribution >= 0.6 is 0 Å². The molecule has 2 N–H and O–H groups in total. The molecular formula is C18H24N4O2. The molecule has 2 aromatic rings. The van der Waals surface area contributed by atoms with Gasteiger partial charge < -0.3 is 10.1 Å². The zero-order valence-electron chi connectivity index (χ0n) is 14.4. The van der Waals surface area contributed by atoms with Crippen molar-refractivity contribution in [1.82, 2.24) is 15.1 Å². The summed E-state index contributed by atoms with van der Waals surface area (Å²) in [6.45, 7) is 4.39. The topological polar surface area (TPSA) is 68.2 Å². The number of urea groups is 1. The van der Waals surface area contributed by atoms with Gasteiger partial charge in [-0.05, 0) is 38.8 Å². The van der Waals surface area contributed by atoms with E-state index >= 15 is 0 Å². The van der Waals surface area contributed by atoms with Crippen LogP contribution in [0.5, 0.6) is 0 Å². The Balaban J connectivity index is 1.87. The van der Waals surface area contributed by atoms with Gasteiger partial charge in [0.15, 0.2) is 0 Å². The minimum Gasteiger partial charge on any atom is -0.383 e. The third-order valence-electron chi connectivity index (χ3n) is 4.15. The maximum atomic E-state index is 12.3. The number of anilines is 1. The van der Waals surface area contributed by atoms with Gasteiger partial charge in [0.05, 0.1) is 24.0 Å². The molecule has 1 heterocycles. The molecule has 1 saturated carbocycles. The Hall–Kier alpha value is -2.34. The lowest BCUT2D eigenvalue weighted by atomic mass is 10.2. The van der Waals surface area contributed by atoms with E-state index in [1.165, 1.54) is 12.8 Å². The van der Waals surface area contributed by atoms with Gasteiger partial charge in [-0.15, -0.1) is 0 Å². The summed E-state index contributed by atoms with van der Waals surface area (Å²) in [6.07, 6.45) is 2.34. The van der Waals surface area contributed by atoms with Crippen LogP contribution in [0, 0.1) is 6.92 Å². The lowest BCUT2D eigenvalue weighted by molar-refractivity contribution is 0.173. The first kappa shape index (κ1) is 16.5. The monoisotopic (exact) mass is 328 g/mol. The molecule has 0 radical (unpaired) electrons. The molecule has 0 spiro atoms. The molecule has 128 valence electrons. The molecule has 0 unspecified atom stereocenters. The zero-order valence-corrected chi connectivity index (χ0v) is 14.4. The molecule has 1 aromatic heterocycles. The first-order chi connectivity index (χ1) is 11.6. The van der Waals surface area contributed by atoms with Crippen molar-refractivity contribution >= 4 is 11.8 Å². The number of amides is 2. The van der Waals surface area contributed by atoms with Crippen molar-refractivity contribution in [1.29, 1.82) is 0 Å². The van der Waals surface area contributed by atoms with E-state index in [2.05, 4.69) is 10.6 Å². The predicted octanol–water partition coefficient (Wildman–Crippen LogP) is 3.21. The highest BCUT2D eigenvalue weighted by molar-refractivity contribution is 5.89. The summed E-state index contributed by atoms with van der Waals surface area (Å²) in [6, 6.07) is 9.56. The second-order valence-electron chi connectivity index (χ2n) is 6.34. The van der Waals surface area contributed by atoms with Gasteiger partial charge in [0.2, 0.25) is 0 Å². The van der Waals surface area contributed by atoms with E-state index in [-0.39, 0.29) is 12.1 Å². The maximum Gasteiger partial charge on any atom is 0.320 e. The van der Waals surface area contributed by atoms with Crippen LogP contribution in [-0.4, -0.2) is 35.6 Å². The van der Waals surface area contributed by atoms with E-state index in [9.17, 15) is 4.79 Å². The molecule has 6 heteroatoms. The molecule has 0 saturated heterocycles. The van der Waals surface area contributed by atoms with E-state index in [1.807, 2.05) is 48.9 Å². The molecule has 0 aliphatic heterocycles. The van der Waals surface area contributed by atoms with Crippen LogP contribution in [0.4, 0.5) is 10.6 Å². The number of para-hydroxylation sites is 1. The number of carbonyl (C=O) groups excluding carboxylic acids is 1. The summed E-state index contributed by atoms with van der Waals surface area (Å²) < 4.78 is 6.88. The van der Waals surface area contributed by atoms with Gasteiger partial charge in [0.25, 0.3) is 0 Å². The summed E-state index contributed by atoms with van der Waals surface area (Å²) in [4.78, 5) is 12.3. The molecule has 1 aliphatic rings. The molecular weight excluding hydrogens is 304 g/mol. The molecule has 1 fully saturated rings. The second kappa shape index (κ2) is 7.05. The number of hydrogen-bond donors (Lipinski definition) is 2. The largest absolute Gasteiger partial charge is 0.383 e. The highest BCUT2D eigenvalue weighted by atomic mass is 16.5. The normalized spacial score (nSPS) is 15.1. The minimum absolute atomic E-state index is 0.0636. The van der Waals surface area contributed by atoms with Crippen LogP contribution < -0.4 is 10.6 Å². The smallest absolute Gasteiger partial charge is 0.320 e. The number of nitrogens with zero attached hydrogens (tertiary/aromatic N) is 2. The number of methoxy groups -OCH3 is 1. The first-order valence-electron chi connectivity index (χ1n) is 8.31. The summed E-state index contributed by atoms with van der Waals surface area (Å²) in [5.74, 6) is 1.25. The van der Waals surface area contributed by atoms with Crippen molar-refractivity contribution < 1.29 is 9.53 Å². The fraction of sp³-hybridized carbons (Fsp3) is 0.444. The van der Waals surface area contributed by atoms with E-state index in [4.69, 9.17) is 9.84 Å². The van der Waals surface area contributed by atoms with Crippen molar-refractivity contribution in [3.63, 3.8) is 0 Å². The highest BCUT2D eigenvalue weighted by Crippen LogP contribution is 2.42. The average molecular weight is 328 g/mol. The Labute approximate surface area is 142 Å². The van der Waals surface area contributed by atoms with Crippen LogP contribution in [0.15, 0.2) is 30.3 Å². The van der Waals surface area contributed by atoms with Gasteiger partial charge in [0.1, 0.15) is 5.82 Å². The molecule has 1 aliphatic carbocycles. The lowest BCUT2D eigenvalue weighted by Crippen LogP contribution is -2.39. The van der Waals surface area contributed by atoms with Gasteiger partial charge in [-0.3, -0.25) is 5.32 Å². The van der Waals surface area contributed by atoms with Crippen molar-refractivity contribution in [2.75, 3.05) is 19.0 Å². The third-order valence-corrected chi connectivity index (χ3v) is 4.15. The third kappa shape index (κ3) is 3.59. The summed E-state index contributed by atoms with van der Waals surface area (Å²) >= 11 is 0. The molecule has 1 atom stereocenters. The zero-order chi connectivity index (χ0) is 17.1. The van der Waals surface area contributed by atoms with Gasteiger partial charge >= 0.3 is 6.03 Å². The summed E-state index contributed by atoms with van der Waals surface area (Å²) in [5.41, 5.74) is 3.06. The van der Waals surface area contributed by atoms with E-state index in [0.29, 0.717) is 12.5 Å². The number of hydrogen-bond acceptors (Lipinski definition) is 3. The fourth-order valence-electron chi connectivity index (χ4n) is 2.82. The van der Waals surface area contributed by atoms with Crippen molar-refractivity contribution in [3.8, 4) is 5.69 Å². The van der Waals surface area contributed by atoms with Crippen LogP contribution in [0.2, 0.25) is 0 Å². The average Bonchev–Trinajstić information content (AvgIpc) is 3.35. The molecule has 3 rings (SSSR count). The molecule has 2 amide bonds. The number of ether oxygens (including phenoxy) is 1. The molecule has 24 heavy (non-hydrogen) atoms. The van der Waals surface area contributed by atoms with Crippen molar-refractivity contribution in [2.45, 2.75) is 38.6 Å². The van der Waals surface area contributed by atoms with Gasteiger partial charge in [0, 0.05) is 18.6 Å². The second-order valence-corrected chi connectivity index (χ2v) is 6.34. The summed E-state index contributed by atoms with van der Waals surface area (Å²) in [5, 5.41) is 10.6. The maximum absolute atomic E-state index is 12.3. The predicted molar refractivity (Wildman–Crippen MR) is 93.8 cm³/mol. The van der Waals surface area contributed by atoms with Crippen LogP contribution in [0.3, 0.4) is 0 Å². The minimum atomic E-state index is -0.248. The van der Waals surface area contributed by atoms with Crippen LogP contribution in [-0.2, 0) is 4.74 Å². The molecule has 0 bridgehead atoms. The Morgan fingerprint density at radius 1 is 1.38 bits per heavy atom. The van der Waals surface area contributed by atoms with E-state index in [0.717, 1.165) is 22.8 Å². The van der Waals surface area contributed by atoms with Crippen LogP contribution in [0.25, 0.3) is 5.69 Å². The number of aromatic nitrogens is 2. The number of carbonyl (C=O) groups is 1. The Morgan fingerprint density at radius 3 is 2.71 bits per heavy atom. The first-order valence-corrected chi connectivity index (χ1v) is 8.31. The molecule has 1 aromatic carbocycles. The van der Waals surface area contributed by atoms with Gasteiger partial charge in [-0.25, -0.2) is 9.48 Å². The van der Waals surface area contributed by atoms with Gasteiger partial charge in [-0.2, -0.15) is 5.10 Å². The number of benzene rings is 1. The highest BCUT2D eigenvalue weighted by Gasteiger charge is 2.31. The lowest BCUT2D eigenvalue weighted by Gasteiger charge is -2.15. The Bertz CT molecular complexity index is 707. The Morgan fingerprint density at radius 2 is 2.08 bits per heavy atom. The standard InChI is InChI=1S/C18H24N4O2/c1-12(11-24-3)19-18(23)20-17-13(2)16(14-9-10-14)21-22(17)15-7-5-4-6-8-15/h4-8,12,14H,9-11H2,1-3H3,(H2,19,20,23)/t12-/m0/s1. The van der Waals surface area contributed by atoms with E-state index in [1.54, 1.807) is 7.11 Å². The van der Waals surface area contributed by atoms with Crippen LogP contribution in [0.1, 0.15) is 36.9 Å². The van der Waals surface area contributed by atoms with Gasteiger partial charge in [-0.1, -0.05) is 18.2 Å². The van der Waals surface area contributed by atoms with Crippen molar-refractivity contribution in [3.05, 3.63) is 41.6 Å². The summed E-state index contributed by atoms with van der Waals surface area (Å²) in [7, 11) is 1.62. The van der Waals surface area contributed by atoms with Crippen molar-refractivity contribution in [2.24, 2.45) is 0 Å². The SMILES string of the molecule is COC[C@H](C)NC(=O)Nc1c(C)c(C2CC2)nn1-c1ccccc1. The quantitative estimate of drug-likeness (QED) is 0.855. The number of rotatable bonds is 6. The molecule has 6 nitrogen and oxygen atoms in total. The fourth-order valence-corrected chi connectivity index (χ4v) is 2.82. The van der Waals surface area contributed by atoms with E-state index < -0.39 is 0 Å². The Kier molecular flexibility index (Phi) is 4.85.